The van der Waals surface area contributed by atoms with Crippen LogP contribution in [0.25, 0.3) is 0 Å². The Morgan fingerprint density at radius 2 is 2.07 bits per heavy atom. The second-order valence-corrected chi connectivity index (χ2v) is 5.49. The van der Waals surface area contributed by atoms with E-state index in [1.807, 2.05) is 11.3 Å². The van der Waals surface area contributed by atoms with E-state index in [4.69, 9.17) is 0 Å². The van der Waals surface area contributed by atoms with Crippen LogP contribution in [0.5, 0.6) is 0 Å². The van der Waals surface area contributed by atoms with Crippen LogP contribution in [0.2, 0.25) is 0 Å². The van der Waals surface area contributed by atoms with Crippen molar-refractivity contribution in [3.05, 3.63) is 15.6 Å². The van der Waals surface area contributed by atoms with E-state index >= 15 is 0 Å². The molecule has 0 radical (unpaired) electrons. The van der Waals surface area contributed by atoms with E-state index in [9.17, 15) is 0 Å². The molecule has 1 aromatic rings. The molecule has 0 saturated heterocycles. The molecule has 0 bridgehead atoms. The number of aromatic nitrogens is 1. The van der Waals surface area contributed by atoms with Gasteiger partial charge in [0.2, 0.25) is 0 Å². The van der Waals surface area contributed by atoms with Crippen LogP contribution in [0.1, 0.15) is 53.6 Å². The van der Waals surface area contributed by atoms with Gasteiger partial charge in [0, 0.05) is 16.5 Å². The molecular formula is C11H17NS2. The molecule has 0 amide bonds. The fourth-order valence-corrected chi connectivity index (χ4v) is 3.64. The second kappa shape index (κ2) is 4.67. The largest absolute Gasteiger partial charge is 0.246 e. The zero-order valence-corrected chi connectivity index (χ0v) is 10.3. The Morgan fingerprint density at radius 3 is 2.64 bits per heavy atom. The maximum atomic E-state index is 4.67. The third kappa shape index (κ3) is 2.14. The first-order valence-corrected chi connectivity index (χ1v) is 6.83. The molecule has 1 fully saturated rings. The first-order valence-electron chi connectivity index (χ1n) is 5.38. The lowest BCUT2D eigenvalue weighted by Crippen LogP contribution is -2.03. The van der Waals surface area contributed by atoms with Gasteiger partial charge in [0.25, 0.3) is 0 Å². The van der Waals surface area contributed by atoms with Crippen LogP contribution in [-0.2, 0) is 5.75 Å². The summed E-state index contributed by atoms with van der Waals surface area (Å²) in [6, 6.07) is 0. The lowest BCUT2D eigenvalue weighted by atomic mass is 9.90. The molecule has 0 N–H and O–H groups in total. The number of hydrogen-bond donors (Lipinski definition) is 1. The van der Waals surface area contributed by atoms with Gasteiger partial charge in [-0.1, -0.05) is 19.3 Å². The minimum absolute atomic E-state index is 0.751. The van der Waals surface area contributed by atoms with Crippen LogP contribution >= 0.6 is 24.0 Å². The van der Waals surface area contributed by atoms with Gasteiger partial charge >= 0.3 is 0 Å². The van der Waals surface area contributed by atoms with Crippen molar-refractivity contribution in [2.75, 3.05) is 0 Å². The van der Waals surface area contributed by atoms with E-state index in [-0.39, 0.29) is 0 Å². The van der Waals surface area contributed by atoms with Crippen molar-refractivity contribution < 1.29 is 0 Å². The van der Waals surface area contributed by atoms with Crippen LogP contribution in [0.3, 0.4) is 0 Å². The molecule has 0 spiro atoms. The molecule has 78 valence electrons. The van der Waals surface area contributed by atoms with Gasteiger partial charge in [0.15, 0.2) is 0 Å². The monoisotopic (exact) mass is 227 g/mol. The number of aryl methyl sites for hydroxylation is 1. The third-order valence-corrected chi connectivity index (χ3v) is 4.86. The Kier molecular flexibility index (Phi) is 3.50. The Bertz CT molecular complexity index is 300. The quantitative estimate of drug-likeness (QED) is 0.755. The predicted octanol–water partition coefficient (Wildman–Crippen LogP) is 3.93. The van der Waals surface area contributed by atoms with Crippen molar-refractivity contribution in [1.29, 1.82) is 0 Å². The third-order valence-electron chi connectivity index (χ3n) is 3.01. The molecule has 0 atom stereocenters. The fraction of sp³-hybridized carbons (Fsp3) is 0.727. The van der Waals surface area contributed by atoms with Gasteiger partial charge in [-0.3, -0.25) is 0 Å². The Balaban J connectivity index is 2.14. The lowest BCUT2D eigenvalue weighted by molar-refractivity contribution is 0.442. The molecule has 1 aliphatic rings. The average Bonchev–Trinajstić information content (AvgIpc) is 2.61. The Labute approximate surface area is 95.4 Å². The Morgan fingerprint density at radius 1 is 1.36 bits per heavy atom. The van der Waals surface area contributed by atoms with E-state index < -0.39 is 0 Å². The van der Waals surface area contributed by atoms with Crippen LogP contribution < -0.4 is 0 Å². The normalized spacial score (nSPS) is 18.7. The highest BCUT2D eigenvalue weighted by Crippen LogP contribution is 2.36. The summed E-state index contributed by atoms with van der Waals surface area (Å²) in [6.45, 7) is 2.11. The van der Waals surface area contributed by atoms with Gasteiger partial charge in [-0.2, -0.15) is 12.6 Å². The summed E-state index contributed by atoms with van der Waals surface area (Å²) in [7, 11) is 0. The molecule has 3 heteroatoms. The molecule has 1 aromatic heterocycles. The van der Waals surface area contributed by atoms with Gasteiger partial charge in [0.05, 0.1) is 10.7 Å². The minimum Gasteiger partial charge on any atom is -0.246 e. The topological polar surface area (TPSA) is 12.9 Å². The van der Waals surface area contributed by atoms with E-state index in [1.165, 1.54) is 47.7 Å². The molecule has 0 aliphatic heterocycles. The van der Waals surface area contributed by atoms with Crippen molar-refractivity contribution in [1.82, 2.24) is 4.98 Å². The molecular weight excluding hydrogens is 210 g/mol. The predicted molar refractivity (Wildman–Crippen MR) is 65.4 cm³/mol. The van der Waals surface area contributed by atoms with E-state index in [0.717, 1.165) is 11.7 Å². The van der Waals surface area contributed by atoms with E-state index in [0.29, 0.717) is 0 Å². The molecule has 14 heavy (non-hydrogen) atoms. The summed E-state index contributed by atoms with van der Waals surface area (Å²) in [5, 5.41) is 1.37. The average molecular weight is 227 g/mol. The summed E-state index contributed by atoms with van der Waals surface area (Å²) >= 11 is 6.21. The second-order valence-electron chi connectivity index (χ2n) is 4.05. The van der Waals surface area contributed by atoms with Gasteiger partial charge in [-0.05, 0) is 19.8 Å². The van der Waals surface area contributed by atoms with Crippen molar-refractivity contribution in [3.63, 3.8) is 0 Å². The molecule has 1 aliphatic carbocycles. The van der Waals surface area contributed by atoms with Crippen LogP contribution in [0.15, 0.2) is 0 Å². The summed E-state index contributed by atoms with van der Waals surface area (Å²) in [5.74, 6) is 1.59. The summed E-state index contributed by atoms with van der Waals surface area (Å²) in [5.41, 5.74) is 1.20. The van der Waals surface area contributed by atoms with Crippen LogP contribution in [0.4, 0.5) is 0 Å². The minimum atomic E-state index is 0.751. The van der Waals surface area contributed by atoms with Gasteiger partial charge in [-0.25, -0.2) is 4.98 Å². The summed E-state index contributed by atoms with van der Waals surface area (Å²) in [4.78, 5) is 6.03. The highest BCUT2D eigenvalue weighted by Gasteiger charge is 2.19. The number of rotatable bonds is 2. The number of hydrogen-bond acceptors (Lipinski definition) is 3. The van der Waals surface area contributed by atoms with Gasteiger partial charge < -0.3 is 0 Å². The standard InChI is InChI=1S/C11H17NS2/c1-8-10(7-13)14-11(12-8)9-5-3-2-4-6-9/h9,13H,2-7H2,1H3. The summed E-state index contributed by atoms with van der Waals surface area (Å²) < 4.78 is 0. The Hall–Kier alpha value is -0.0200. The highest BCUT2D eigenvalue weighted by atomic mass is 32.1. The lowest BCUT2D eigenvalue weighted by Gasteiger charge is -2.18. The van der Waals surface area contributed by atoms with Gasteiger partial charge in [0.1, 0.15) is 0 Å². The number of thiol groups is 1. The van der Waals surface area contributed by atoms with E-state index in [2.05, 4.69) is 24.5 Å². The number of nitrogens with zero attached hydrogens (tertiary/aromatic N) is 1. The van der Waals surface area contributed by atoms with Crippen molar-refractivity contribution >= 4 is 24.0 Å². The smallest absolute Gasteiger partial charge is 0.0962 e. The fourth-order valence-electron chi connectivity index (χ4n) is 2.12. The maximum Gasteiger partial charge on any atom is 0.0962 e. The first-order chi connectivity index (χ1) is 6.81. The molecule has 1 nitrogen and oxygen atoms in total. The van der Waals surface area contributed by atoms with Crippen molar-refractivity contribution in [2.45, 2.75) is 50.7 Å². The molecule has 2 rings (SSSR count). The van der Waals surface area contributed by atoms with Crippen LogP contribution in [-0.4, -0.2) is 4.98 Å². The SMILES string of the molecule is Cc1nc(C2CCCCC2)sc1CS. The van der Waals surface area contributed by atoms with Crippen LogP contribution in [0, 0.1) is 6.92 Å². The first kappa shape index (κ1) is 10.5. The molecule has 1 saturated carbocycles. The zero-order chi connectivity index (χ0) is 9.97. The van der Waals surface area contributed by atoms with Crippen molar-refractivity contribution in [3.8, 4) is 0 Å². The van der Waals surface area contributed by atoms with Crippen molar-refractivity contribution in [2.24, 2.45) is 0 Å². The molecule has 0 unspecified atom stereocenters. The maximum absolute atomic E-state index is 4.67. The number of thiazole rings is 1. The molecule has 0 aromatic carbocycles. The zero-order valence-electron chi connectivity index (χ0n) is 8.62. The van der Waals surface area contributed by atoms with E-state index in [1.54, 1.807) is 0 Å². The molecule has 1 heterocycles. The van der Waals surface area contributed by atoms with Gasteiger partial charge in [-0.15, -0.1) is 11.3 Å². The highest BCUT2D eigenvalue weighted by molar-refractivity contribution is 7.79. The summed E-state index contributed by atoms with van der Waals surface area (Å²) in [6.07, 6.45) is 6.89.